The van der Waals surface area contributed by atoms with Crippen molar-refractivity contribution in [2.24, 2.45) is 0 Å². The molecule has 0 fully saturated rings. The Morgan fingerprint density at radius 1 is 1.08 bits per heavy atom. The van der Waals surface area contributed by atoms with E-state index >= 15 is 0 Å². The van der Waals surface area contributed by atoms with Crippen molar-refractivity contribution in [1.82, 2.24) is 4.98 Å². The van der Waals surface area contributed by atoms with E-state index in [9.17, 15) is 4.79 Å². The van der Waals surface area contributed by atoms with Crippen molar-refractivity contribution in [3.05, 3.63) is 64.2 Å². The molecule has 1 aromatic heterocycles. The summed E-state index contributed by atoms with van der Waals surface area (Å²) in [6.45, 7) is 5.90. The summed E-state index contributed by atoms with van der Waals surface area (Å²) in [7, 11) is 1.62. The number of rotatable bonds is 5. The number of thiazole rings is 1. The van der Waals surface area contributed by atoms with Crippen LogP contribution in [0.2, 0.25) is 0 Å². The third-order valence-electron chi connectivity index (χ3n) is 4.12. The summed E-state index contributed by atoms with van der Waals surface area (Å²) in [6.07, 6.45) is 0. The molecule has 3 aromatic rings. The van der Waals surface area contributed by atoms with Crippen molar-refractivity contribution in [1.29, 1.82) is 0 Å². The third kappa shape index (κ3) is 3.86. The fourth-order valence-corrected chi connectivity index (χ4v) is 3.40. The van der Waals surface area contributed by atoms with Crippen molar-refractivity contribution in [2.75, 3.05) is 17.7 Å². The lowest BCUT2D eigenvalue weighted by Gasteiger charge is -2.08. The predicted molar refractivity (Wildman–Crippen MR) is 107 cm³/mol. The van der Waals surface area contributed by atoms with Gasteiger partial charge in [0.05, 0.1) is 18.5 Å². The van der Waals surface area contributed by atoms with E-state index in [0.29, 0.717) is 15.7 Å². The summed E-state index contributed by atoms with van der Waals surface area (Å²) in [5.74, 6) is 0.567. The van der Waals surface area contributed by atoms with E-state index in [1.807, 2.05) is 63.2 Å². The first-order valence-corrected chi connectivity index (χ1v) is 9.05. The zero-order chi connectivity index (χ0) is 18.7. The number of hydrogen-bond donors (Lipinski definition) is 2. The zero-order valence-corrected chi connectivity index (χ0v) is 16.0. The number of anilines is 3. The lowest BCUT2D eigenvalue weighted by atomic mass is 10.1. The van der Waals surface area contributed by atoms with Crippen LogP contribution in [0.25, 0.3) is 0 Å². The predicted octanol–water partition coefficient (Wildman–Crippen LogP) is 5.07. The normalized spacial score (nSPS) is 10.5. The number of carbonyl (C=O) groups excluding carboxylic acids is 1. The van der Waals surface area contributed by atoms with Crippen LogP contribution in [0.5, 0.6) is 5.75 Å². The molecule has 3 rings (SSSR count). The quantitative estimate of drug-likeness (QED) is 0.661. The van der Waals surface area contributed by atoms with Gasteiger partial charge >= 0.3 is 0 Å². The maximum absolute atomic E-state index is 12.6. The van der Waals surface area contributed by atoms with Crippen LogP contribution in [0.4, 0.5) is 16.5 Å². The van der Waals surface area contributed by atoms with Crippen molar-refractivity contribution in [3.63, 3.8) is 0 Å². The Kier molecular flexibility index (Phi) is 5.23. The molecule has 1 heterocycles. The van der Waals surface area contributed by atoms with Crippen LogP contribution in [-0.4, -0.2) is 18.0 Å². The summed E-state index contributed by atoms with van der Waals surface area (Å²) in [5, 5.41) is 6.82. The Morgan fingerprint density at radius 2 is 1.85 bits per heavy atom. The molecule has 0 unspecified atom stereocenters. The van der Waals surface area contributed by atoms with Crippen molar-refractivity contribution in [2.45, 2.75) is 20.8 Å². The number of ether oxygens (including phenoxy) is 1. The van der Waals surface area contributed by atoms with Gasteiger partial charge in [-0.1, -0.05) is 29.5 Å². The van der Waals surface area contributed by atoms with E-state index in [1.165, 1.54) is 16.9 Å². The lowest BCUT2D eigenvalue weighted by Crippen LogP contribution is -2.11. The third-order valence-corrected chi connectivity index (χ3v) is 5.19. The van der Waals surface area contributed by atoms with Crippen molar-refractivity contribution >= 4 is 33.8 Å². The first-order chi connectivity index (χ1) is 12.5. The molecule has 0 saturated carbocycles. The highest BCUT2D eigenvalue weighted by molar-refractivity contribution is 7.17. The molecule has 0 bridgehead atoms. The number of hydrogen-bond acceptors (Lipinski definition) is 5. The second-order valence-corrected chi connectivity index (χ2v) is 7.01. The minimum Gasteiger partial charge on any atom is -0.495 e. The Balaban J connectivity index is 1.79. The summed E-state index contributed by atoms with van der Waals surface area (Å²) < 4.78 is 5.34. The number of aryl methyl sites for hydroxylation is 3. The van der Waals surface area contributed by atoms with Gasteiger partial charge in [-0.2, -0.15) is 0 Å². The summed E-state index contributed by atoms with van der Waals surface area (Å²) in [6, 6.07) is 13.5. The van der Waals surface area contributed by atoms with Crippen molar-refractivity contribution in [3.8, 4) is 5.75 Å². The molecule has 5 nitrogen and oxygen atoms in total. The average Bonchev–Trinajstić information content (AvgIpc) is 2.99. The van der Waals surface area contributed by atoms with E-state index in [4.69, 9.17) is 4.74 Å². The molecule has 0 spiro atoms. The van der Waals surface area contributed by atoms with E-state index in [-0.39, 0.29) is 5.91 Å². The van der Waals surface area contributed by atoms with Crippen LogP contribution >= 0.6 is 11.3 Å². The first kappa shape index (κ1) is 17.9. The van der Waals surface area contributed by atoms with Gasteiger partial charge in [0.1, 0.15) is 10.6 Å². The summed E-state index contributed by atoms with van der Waals surface area (Å²) in [5.41, 5.74) is 4.62. The smallest absolute Gasteiger partial charge is 0.267 e. The molecule has 2 aromatic carbocycles. The fourth-order valence-electron chi connectivity index (χ4n) is 2.53. The second kappa shape index (κ2) is 7.58. The SMILES string of the molecule is COc1ccccc1Nc1nc(C)c(C(=O)Nc2ccc(C)c(C)c2)s1. The van der Waals surface area contributed by atoms with Gasteiger partial charge in [-0.3, -0.25) is 4.79 Å². The summed E-state index contributed by atoms with van der Waals surface area (Å²) in [4.78, 5) is 17.7. The molecule has 1 amide bonds. The maximum Gasteiger partial charge on any atom is 0.267 e. The Labute approximate surface area is 157 Å². The van der Waals surface area contributed by atoms with Crippen LogP contribution in [0, 0.1) is 20.8 Å². The van der Waals surface area contributed by atoms with Gasteiger partial charge in [0.2, 0.25) is 0 Å². The number of carbonyl (C=O) groups is 1. The van der Waals surface area contributed by atoms with Gasteiger partial charge < -0.3 is 15.4 Å². The Bertz CT molecular complexity index is 950. The largest absolute Gasteiger partial charge is 0.495 e. The second-order valence-electron chi connectivity index (χ2n) is 6.01. The zero-order valence-electron chi connectivity index (χ0n) is 15.2. The minimum atomic E-state index is -0.156. The van der Waals surface area contributed by atoms with E-state index in [1.54, 1.807) is 7.11 Å². The molecule has 0 radical (unpaired) electrons. The minimum absolute atomic E-state index is 0.156. The van der Waals surface area contributed by atoms with Crippen LogP contribution in [0.3, 0.4) is 0 Å². The van der Waals surface area contributed by atoms with Gasteiger partial charge in [-0.05, 0) is 56.2 Å². The molecule has 134 valence electrons. The average molecular weight is 367 g/mol. The number of benzene rings is 2. The number of aromatic nitrogens is 1. The van der Waals surface area contributed by atoms with Crippen LogP contribution in [-0.2, 0) is 0 Å². The molecule has 0 saturated heterocycles. The van der Waals surface area contributed by atoms with Gasteiger partial charge in [-0.25, -0.2) is 4.98 Å². The lowest BCUT2D eigenvalue weighted by molar-refractivity contribution is 0.103. The molecule has 0 aliphatic carbocycles. The molecule has 0 aliphatic heterocycles. The Hall–Kier alpha value is -2.86. The topological polar surface area (TPSA) is 63.2 Å². The molecule has 26 heavy (non-hydrogen) atoms. The highest BCUT2D eigenvalue weighted by Gasteiger charge is 2.16. The van der Waals surface area contributed by atoms with Crippen LogP contribution in [0.15, 0.2) is 42.5 Å². The highest BCUT2D eigenvalue weighted by atomic mass is 32.1. The molecular formula is C20H21N3O2S. The number of para-hydroxylation sites is 2. The van der Waals surface area contributed by atoms with E-state index in [2.05, 4.69) is 15.6 Å². The van der Waals surface area contributed by atoms with Gasteiger partial charge in [-0.15, -0.1) is 0 Å². The monoisotopic (exact) mass is 367 g/mol. The van der Waals surface area contributed by atoms with Gasteiger partial charge in [0.15, 0.2) is 5.13 Å². The van der Waals surface area contributed by atoms with Crippen LogP contribution < -0.4 is 15.4 Å². The maximum atomic E-state index is 12.6. The number of amides is 1. The molecule has 0 atom stereocenters. The van der Waals surface area contributed by atoms with Crippen LogP contribution in [0.1, 0.15) is 26.5 Å². The van der Waals surface area contributed by atoms with Gasteiger partial charge in [0, 0.05) is 5.69 Å². The standard InChI is InChI=1S/C20H21N3O2S/c1-12-9-10-15(11-13(12)2)22-19(24)18-14(3)21-20(26-18)23-16-7-5-6-8-17(16)25-4/h5-11H,1-4H3,(H,21,23)(H,22,24). The van der Waals surface area contributed by atoms with Crippen molar-refractivity contribution < 1.29 is 9.53 Å². The molecule has 0 aliphatic rings. The summed E-state index contributed by atoms with van der Waals surface area (Å²) >= 11 is 1.32. The van der Waals surface area contributed by atoms with Gasteiger partial charge in [0.25, 0.3) is 5.91 Å². The number of nitrogens with zero attached hydrogens (tertiary/aromatic N) is 1. The highest BCUT2D eigenvalue weighted by Crippen LogP contribution is 2.31. The molecule has 2 N–H and O–H groups in total. The van der Waals surface area contributed by atoms with E-state index in [0.717, 1.165) is 22.7 Å². The molecular weight excluding hydrogens is 346 g/mol. The first-order valence-electron chi connectivity index (χ1n) is 8.24. The Morgan fingerprint density at radius 3 is 2.58 bits per heavy atom. The number of methoxy groups -OCH3 is 1. The van der Waals surface area contributed by atoms with E-state index < -0.39 is 0 Å². The fraction of sp³-hybridized carbons (Fsp3) is 0.200. The molecule has 6 heteroatoms. The number of nitrogens with one attached hydrogen (secondary N) is 2.